The van der Waals surface area contributed by atoms with Crippen LogP contribution in [0.2, 0.25) is 17.3 Å². The van der Waals surface area contributed by atoms with Crippen LogP contribution in [-0.4, -0.2) is 29.1 Å². The first kappa shape index (κ1) is 41.6. The molecule has 0 aliphatic carbocycles. The first-order valence-corrected chi connectivity index (χ1v) is 24.5. The summed E-state index contributed by atoms with van der Waals surface area (Å²) >= 11 is -1.90. The molecule has 0 amide bonds. The van der Waals surface area contributed by atoms with Gasteiger partial charge in [-0.05, 0) is 25.7 Å². The van der Waals surface area contributed by atoms with Crippen LogP contribution in [0.25, 0.3) is 33.2 Å². The minimum absolute atomic E-state index is 0. The Morgan fingerprint density at radius 1 is 0.917 bits per heavy atom. The molecule has 0 bridgehead atoms. The van der Waals surface area contributed by atoms with Gasteiger partial charge in [-0.2, -0.15) is 0 Å². The van der Waals surface area contributed by atoms with Crippen LogP contribution in [0.1, 0.15) is 92.6 Å². The maximum Gasteiger partial charge on any atom is 0.164 e. The van der Waals surface area contributed by atoms with E-state index in [0.29, 0.717) is 11.5 Å². The Kier molecular flexibility index (Phi) is 15.0. The summed E-state index contributed by atoms with van der Waals surface area (Å²) in [5.41, 5.74) is 3.77. The van der Waals surface area contributed by atoms with Gasteiger partial charge in [0.2, 0.25) is 0 Å². The number of nitrogens with zero attached hydrogens (tertiary/aromatic N) is 1. The van der Waals surface area contributed by atoms with Crippen LogP contribution in [0.3, 0.4) is 0 Å². The molecule has 0 atom stereocenters. The van der Waals surface area contributed by atoms with Crippen molar-refractivity contribution in [2.75, 3.05) is 0 Å². The number of aromatic nitrogens is 1. The molecule has 4 aromatic rings. The van der Waals surface area contributed by atoms with Crippen molar-refractivity contribution in [2.45, 2.75) is 104 Å². The van der Waals surface area contributed by atoms with Crippen molar-refractivity contribution < 1.29 is 34.4 Å². The molecule has 1 N–H and O–H groups in total. The summed E-state index contributed by atoms with van der Waals surface area (Å²) in [6, 6.07) is 24.2. The van der Waals surface area contributed by atoms with Crippen LogP contribution in [0.5, 0.6) is 0 Å². The molecule has 0 saturated carbocycles. The number of benzene rings is 3. The second-order valence-corrected chi connectivity index (χ2v) is 25.3. The van der Waals surface area contributed by atoms with Crippen molar-refractivity contribution in [1.82, 2.24) is 4.98 Å². The number of pyridine rings is 1. The molecule has 48 heavy (non-hydrogen) atoms. The van der Waals surface area contributed by atoms with Crippen LogP contribution < -0.4 is 4.40 Å². The van der Waals surface area contributed by atoms with Gasteiger partial charge in [0.15, 0.2) is 5.78 Å². The van der Waals surface area contributed by atoms with E-state index in [1.165, 1.54) is 27.6 Å². The number of allylic oxidation sites excluding steroid dienone is 2. The third kappa shape index (κ3) is 9.76. The maximum atomic E-state index is 14.7. The number of hydrogen-bond acceptors (Lipinski definition) is 3. The van der Waals surface area contributed by atoms with Crippen molar-refractivity contribution in [3.63, 3.8) is 0 Å². The van der Waals surface area contributed by atoms with Gasteiger partial charge < -0.3 is 5.11 Å². The van der Waals surface area contributed by atoms with Gasteiger partial charge in [-0.1, -0.05) is 47.6 Å². The molecule has 0 spiro atoms. The van der Waals surface area contributed by atoms with Gasteiger partial charge in [0, 0.05) is 37.0 Å². The zero-order chi connectivity index (χ0) is 35.2. The average molecular weight is 890 g/mol. The normalized spacial score (nSPS) is 12.4. The number of ketones is 1. The van der Waals surface area contributed by atoms with E-state index in [1.807, 2.05) is 65.8 Å². The van der Waals surface area contributed by atoms with Gasteiger partial charge >= 0.3 is 175 Å². The molecule has 4 rings (SSSR count). The Morgan fingerprint density at radius 3 is 2.00 bits per heavy atom. The van der Waals surface area contributed by atoms with Crippen molar-refractivity contribution in [2.24, 2.45) is 10.8 Å². The van der Waals surface area contributed by atoms with E-state index < -0.39 is 13.3 Å². The fraction of sp³-hybridized carbons (Fsp3) is 0.429. The number of carbonyl (C=O) groups excluding carboxylic acids is 1. The summed E-state index contributed by atoms with van der Waals surface area (Å²) in [5, 5.41) is 12.4. The topological polar surface area (TPSA) is 50.2 Å². The van der Waals surface area contributed by atoms with Gasteiger partial charge in [-0.15, -0.1) is 0 Å². The molecule has 1 heterocycles. The minimum Gasteiger partial charge on any atom is -0.512 e. The van der Waals surface area contributed by atoms with Gasteiger partial charge in [0.1, 0.15) is 5.76 Å². The SMILES string of the molecule is CC(C)c1cc(-c2cc(-c3cc[c]([Ge]([CH3])([CH3])[CH3])cc3)c(F)cn2)[c-]c2ccccc12.CCC(C)(CC)C(=O)/C=C(\O)C(C)(CC)CC.[Ir]. The molecule has 0 fully saturated rings. The van der Waals surface area contributed by atoms with Crippen LogP contribution in [0.4, 0.5) is 4.39 Å². The number of carbonyl (C=O) groups is 1. The van der Waals surface area contributed by atoms with Crippen LogP contribution in [0.15, 0.2) is 78.7 Å². The molecule has 0 unspecified atom stereocenters. The summed E-state index contributed by atoms with van der Waals surface area (Å²) in [4.78, 5) is 16.6. The van der Waals surface area contributed by atoms with E-state index in [0.717, 1.165) is 47.9 Å². The Hall–Kier alpha value is -2.60. The van der Waals surface area contributed by atoms with Crippen molar-refractivity contribution in [1.29, 1.82) is 0 Å². The predicted octanol–water partition coefficient (Wildman–Crippen LogP) is 11.8. The first-order chi connectivity index (χ1) is 22.0. The van der Waals surface area contributed by atoms with Gasteiger partial charge in [0.25, 0.3) is 0 Å². The zero-order valence-corrected chi connectivity index (χ0v) is 35.3. The summed E-state index contributed by atoms with van der Waals surface area (Å²) in [6.45, 7) is 16.5. The average Bonchev–Trinajstić information content (AvgIpc) is 3.07. The number of aliphatic hydroxyl groups is 1. The van der Waals surface area contributed by atoms with Crippen molar-refractivity contribution in [3.05, 3.63) is 96.1 Å². The molecule has 0 saturated heterocycles. The van der Waals surface area contributed by atoms with E-state index in [9.17, 15) is 14.3 Å². The van der Waals surface area contributed by atoms with E-state index in [-0.39, 0.29) is 48.3 Å². The fourth-order valence-electron chi connectivity index (χ4n) is 5.51. The molecule has 3 aromatic carbocycles. The Labute approximate surface area is 305 Å². The molecule has 0 aliphatic heterocycles. The van der Waals surface area contributed by atoms with E-state index in [1.54, 1.807) is 0 Å². The number of halogens is 1. The molecule has 1 aromatic heterocycles. The van der Waals surface area contributed by atoms with Crippen LogP contribution in [-0.2, 0) is 24.9 Å². The Morgan fingerprint density at radius 2 is 1.48 bits per heavy atom. The van der Waals surface area contributed by atoms with Crippen molar-refractivity contribution >= 4 is 34.2 Å². The number of fused-ring (bicyclic) bond motifs is 1. The third-order valence-electron chi connectivity index (χ3n) is 10.2. The summed E-state index contributed by atoms with van der Waals surface area (Å²) < 4.78 is 16.1. The van der Waals surface area contributed by atoms with Gasteiger partial charge in [0.05, 0.1) is 0 Å². The standard InChI is InChI=1S/C27H27FGeN.C15H28O2.Ir/c1-18(2)24-15-21(14-20-8-6-7-9-23(20)24)27-16-25(26(28)17-30-27)19-10-12-22(13-11-19)29(3,4)5;1-7-14(5,8-2)12(16)11-13(17)15(6,9-3)10-4;/h6-13,15-18H,1-5H3;11,16H,7-10H2,1-6H3;/q-1;;/b;12-11-;. The number of rotatable bonds is 11. The molecule has 6 heteroatoms. The first-order valence-electron chi connectivity index (χ1n) is 17.2. The minimum atomic E-state index is -1.90. The second-order valence-electron chi connectivity index (χ2n) is 14.6. The van der Waals surface area contributed by atoms with Crippen LogP contribution in [0, 0.1) is 22.7 Å². The zero-order valence-electron chi connectivity index (χ0n) is 30.8. The van der Waals surface area contributed by atoms with E-state index in [4.69, 9.17) is 0 Å². The largest absolute Gasteiger partial charge is 0.512 e. The predicted molar refractivity (Wildman–Crippen MR) is 202 cm³/mol. The molecule has 3 nitrogen and oxygen atoms in total. The summed E-state index contributed by atoms with van der Waals surface area (Å²) in [6.07, 6.45) is 6.09. The summed E-state index contributed by atoms with van der Waals surface area (Å²) in [7, 11) is 0. The van der Waals surface area contributed by atoms with Gasteiger partial charge in [-0.25, -0.2) is 0 Å². The van der Waals surface area contributed by atoms with Gasteiger partial charge in [-0.3, -0.25) is 4.79 Å². The summed E-state index contributed by atoms with van der Waals surface area (Å²) in [5.74, 6) is 7.45. The Balaban J connectivity index is 0.000000384. The molecule has 261 valence electrons. The quantitative estimate of drug-likeness (QED) is 0.0706. The van der Waals surface area contributed by atoms with E-state index >= 15 is 0 Å². The van der Waals surface area contributed by atoms with Crippen LogP contribution >= 0.6 is 0 Å². The molecular formula is C42H55FGeIrNO2-. The third-order valence-corrected chi connectivity index (χ3v) is 14.6. The molecular weight excluding hydrogens is 834 g/mol. The van der Waals surface area contributed by atoms with Crippen molar-refractivity contribution in [3.8, 4) is 22.4 Å². The molecule has 0 aliphatic rings. The van der Waals surface area contributed by atoms with E-state index in [2.05, 4.69) is 78.6 Å². The fourth-order valence-corrected chi connectivity index (χ4v) is 7.96. The number of hydrogen-bond donors (Lipinski definition) is 1. The monoisotopic (exact) mass is 891 g/mol. The Bertz CT molecular complexity index is 1700. The molecule has 1 radical (unpaired) electrons. The maximum absolute atomic E-state index is 14.7. The smallest absolute Gasteiger partial charge is 0.164 e. The number of aliphatic hydroxyl groups excluding tert-OH is 1. The second kappa shape index (κ2) is 17.4.